The molecule has 0 atom stereocenters. The summed E-state index contributed by atoms with van der Waals surface area (Å²) in [5.74, 6) is 0.0666. The van der Waals surface area contributed by atoms with E-state index in [4.69, 9.17) is 0 Å². The molecule has 1 aliphatic heterocycles. The Balaban J connectivity index is 1.64. The maximum atomic E-state index is 13.5. The molecule has 6 heteroatoms. The molecule has 0 aliphatic carbocycles. The molecule has 0 N–H and O–H groups in total. The van der Waals surface area contributed by atoms with Gasteiger partial charge in [-0.3, -0.25) is 14.2 Å². The monoisotopic (exact) mass is 414 g/mol. The van der Waals surface area contributed by atoms with Gasteiger partial charge in [0.1, 0.15) is 17.6 Å². The molecule has 1 amide bonds. The van der Waals surface area contributed by atoms with Crippen LogP contribution in [0.15, 0.2) is 59.7 Å². The number of rotatable bonds is 4. The second kappa shape index (κ2) is 8.02. The van der Waals surface area contributed by atoms with Crippen LogP contribution in [0, 0.1) is 6.92 Å². The van der Waals surface area contributed by atoms with Gasteiger partial charge in [-0.25, -0.2) is 4.98 Å². The van der Waals surface area contributed by atoms with Crippen molar-refractivity contribution in [3.05, 3.63) is 76.3 Å². The molecule has 2 aromatic heterocycles. The van der Waals surface area contributed by atoms with Gasteiger partial charge in [0.05, 0.1) is 18.4 Å². The third-order valence-electron chi connectivity index (χ3n) is 6.18. The summed E-state index contributed by atoms with van der Waals surface area (Å²) < 4.78 is 3.50. The Morgan fingerprint density at radius 3 is 2.58 bits per heavy atom. The van der Waals surface area contributed by atoms with E-state index in [1.165, 1.54) is 6.42 Å². The highest BCUT2D eigenvalue weighted by Crippen LogP contribution is 2.27. The highest BCUT2D eigenvalue weighted by atomic mass is 16.2. The zero-order chi connectivity index (χ0) is 21.4. The van der Waals surface area contributed by atoms with Crippen LogP contribution in [0.3, 0.4) is 0 Å². The van der Waals surface area contributed by atoms with Crippen molar-refractivity contribution in [1.82, 2.24) is 19.0 Å². The van der Waals surface area contributed by atoms with Crippen molar-refractivity contribution >= 4 is 27.8 Å². The Bertz CT molecular complexity index is 1310. The van der Waals surface area contributed by atoms with E-state index in [0.717, 1.165) is 48.0 Å². The Kier molecular flexibility index (Phi) is 5.06. The normalized spacial score (nSPS) is 14.4. The molecule has 0 saturated carbocycles. The lowest BCUT2D eigenvalue weighted by atomic mass is 10.1. The number of carbonyl (C=O) groups excluding carboxylic acids is 1. The van der Waals surface area contributed by atoms with E-state index in [1.807, 2.05) is 64.9 Å². The number of amides is 1. The molecule has 4 aromatic rings. The number of carbonyl (C=O) groups is 1. The van der Waals surface area contributed by atoms with Crippen LogP contribution in [-0.2, 0) is 17.9 Å². The van der Waals surface area contributed by atoms with Crippen LogP contribution < -0.4 is 5.56 Å². The van der Waals surface area contributed by atoms with Crippen molar-refractivity contribution in [3.63, 3.8) is 0 Å². The number of hydrogen-bond acceptors (Lipinski definition) is 3. The van der Waals surface area contributed by atoms with Crippen molar-refractivity contribution in [3.8, 4) is 0 Å². The third kappa shape index (κ3) is 3.63. The lowest BCUT2D eigenvalue weighted by Gasteiger charge is -2.27. The summed E-state index contributed by atoms with van der Waals surface area (Å²) in [5.41, 5.74) is 4.07. The van der Waals surface area contributed by atoms with Crippen LogP contribution in [0.25, 0.3) is 21.9 Å². The van der Waals surface area contributed by atoms with E-state index < -0.39 is 0 Å². The first kappa shape index (κ1) is 19.5. The van der Waals surface area contributed by atoms with Gasteiger partial charge in [-0.05, 0) is 43.9 Å². The van der Waals surface area contributed by atoms with Crippen LogP contribution in [0.4, 0.5) is 0 Å². The predicted molar refractivity (Wildman–Crippen MR) is 122 cm³/mol. The summed E-state index contributed by atoms with van der Waals surface area (Å²) in [4.78, 5) is 33.2. The number of nitrogens with zero attached hydrogens (tertiary/aromatic N) is 4. The predicted octanol–water partition coefficient (Wildman–Crippen LogP) is 3.72. The lowest BCUT2D eigenvalue weighted by Crippen LogP contribution is -2.38. The van der Waals surface area contributed by atoms with Gasteiger partial charge >= 0.3 is 0 Å². The molecule has 158 valence electrons. The van der Waals surface area contributed by atoms with Gasteiger partial charge in [0.2, 0.25) is 5.91 Å². The Morgan fingerprint density at radius 2 is 1.81 bits per heavy atom. The Labute approximate surface area is 180 Å². The average molecular weight is 415 g/mol. The van der Waals surface area contributed by atoms with E-state index in [-0.39, 0.29) is 18.0 Å². The standard InChI is InChI=1S/C25H26N4O2/c1-18-10-11-21-20(14-18)23-24(29(21)16-22(30)27-12-6-3-7-13-27)25(31)28(17-26-23)15-19-8-4-2-5-9-19/h2,4-5,8-11,14,17H,3,6-7,12-13,15-16H2,1H3. The second-order valence-corrected chi connectivity index (χ2v) is 8.41. The van der Waals surface area contributed by atoms with Gasteiger partial charge < -0.3 is 9.47 Å². The van der Waals surface area contributed by atoms with Crippen LogP contribution in [0.5, 0.6) is 0 Å². The number of hydrogen-bond donors (Lipinski definition) is 0. The van der Waals surface area contributed by atoms with Crippen LogP contribution in [0.2, 0.25) is 0 Å². The molecule has 31 heavy (non-hydrogen) atoms. The van der Waals surface area contributed by atoms with Crippen molar-refractivity contribution in [2.24, 2.45) is 0 Å². The van der Waals surface area contributed by atoms with Crippen molar-refractivity contribution in [2.75, 3.05) is 13.1 Å². The molecule has 1 aliphatic rings. The van der Waals surface area contributed by atoms with Crippen LogP contribution in [0.1, 0.15) is 30.4 Å². The Hall–Kier alpha value is -3.41. The van der Waals surface area contributed by atoms with E-state index in [1.54, 1.807) is 10.9 Å². The number of piperidine rings is 1. The molecule has 6 nitrogen and oxygen atoms in total. The summed E-state index contributed by atoms with van der Waals surface area (Å²) in [6, 6.07) is 15.9. The highest BCUT2D eigenvalue weighted by Gasteiger charge is 2.22. The van der Waals surface area contributed by atoms with E-state index >= 15 is 0 Å². The zero-order valence-electron chi connectivity index (χ0n) is 17.8. The Morgan fingerprint density at radius 1 is 1.03 bits per heavy atom. The lowest BCUT2D eigenvalue weighted by molar-refractivity contribution is -0.132. The van der Waals surface area contributed by atoms with Gasteiger partial charge in [0, 0.05) is 18.5 Å². The molecule has 3 heterocycles. The molecule has 0 radical (unpaired) electrons. The fourth-order valence-electron chi connectivity index (χ4n) is 4.55. The minimum Gasteiger partial charge on any atom is -0.341 e. The summed E-state index contributed by atoms with van der Waals surface area (Å²) in [6.45, 7) is 4.23. The number of benzene rings is 2. The van der Waals surface area contributed by atoms with Crippen molar-refractivity contribution in [2.45, 2.75) is 39.3 Å². The fourth-order valence-corrected chi connectivity index (χ4v) is 4.55. The number of aryl methyl sites for hydroxylation is 1. The number of likely N-dealkylation sites (tertiary alicyclic amines) is 1. The largest absolute Gasteiger partial charge is 0.341 e. The molecule has 1 saturated heterocycles. The van der Waals surface area contributed by atoms with Gasteiger partial charge in [-0.15, -0.1) is 0 Å². The first-order chi connectivity index (χ1) is 15.1. The average Bonchev–Trinajstić information content (AvgIpc) is 3.10. The summed E-state index contributed by atoms with van der Waals surface area (Å²) in [6.07, 6.45) is 4.88. The van der Waals surface area contributed by atoms with Gasteiger partial charge in [-0.2, -0.15) is 0 Å². The van der Waals surface area contributed by atoms with Gasteiger partial charge in [-0.1, -0.05) is 42.0 Å². The van der Waals surface area contributed by atoms with E-state index in [2.05, 4.69) is 4.98 Å². The summed E-state index contributed by atoms with van der Waals surface area (Å²) >= 11 is 0. The van der Waals surface area contributed by atoms with Crippen molar-refractivity contribution in [1.29, 1.82) is 0 Å². The molecule has 5 rings (SSSR count). The minimum absolute atomic E-state index is 0.0666. The van der Waals surface area contributed by atoms with Crippen molar-refractivity contribution < 1.29 is 4.79 Å². The SMILES string of the molecule is Cc1ccc2c(c1)c1ncn(Cc3ccccc3)c(=O)c1n2CC(=O)N1CCCCC1. The topological polar surface area (TPSA) is 60.1 Å². The fraction of sp³-hybridized carbons (Fsp3) is 0.320. The first-order valence-corrected chi connectivity index (χ1v) is 10.9. The molecule has 0 unspecified atom stereocenters. The molecule has 0 bridgehead atoms. The number of fused-ring (bicyclic) bond motifs is 3. The quantitative estimate of drug-likeness (QED) is 0.511. The third-order valence-corrected chi connectivity index (χ3v) is 6.18. The molecule has 0 spiro atoms. The van der Waals surface area contributed by atoms with E-state index in [9.17, 15) is 9.59 Å². The maximum absolute atomic E-state index is 13.5. The zero-order valence-corrected chi connectivity index (χ0v) is 17.8. The second-order valence-electron chi connectivity index (χ2n) is 8.41. The van der Waals surface area contributed by atoms with Gasteiger partial charge in [0.15, 0.2) is 0 Å². The van der Waals surface area contributed by atoms with Crippen LogP contribution in [-0.4, -0.2) is 38.0 Å². The minimum atomic E-state index is -0.117. The van der Waals surface area contributed by atoms with E-state index in [0.29, 0.717) is 17.6 Å². The summed E-state index contributed by atoms with van der Waals surface area (Å²) in [7, 11) is 0. The molecular weight excluding hydrogens is 388 g/mol. The van der Waals surface area contributed by atoms with Gasteiger partial charge in [0.25, 0.3) is 5.56 Å². The maximum Gasteiger partial charge on any atom is 0.278 e. The smallest absolute Gasteiger partial charge is 0.278 e. The molecule has 2 aromatic carbocycles. The first-order valence-electron chi connectivity index (χ1n) is 10.9. The number of aromatic nitrogens is 3. The van der Waals surface area contributed by atoms with Crippen LogP contribution >= 0.6 is 0 Å². The molecule has 1 fully saturated rings. The highest BCUT2D eigenvalue weighted by molar-refractivity contribution is 6.06. The summed E-state index contributed by atoms with van der Waals surface area (Å²) in [5, 5.41) is 0.922. The molecular formula is C25H26N4O2.